The third-order valence-corrected chi connectivity index (χ3v) is 8.02. The molecule has 0 unspecified atom stereocenters. The molecule has 0 radical (unpaired) electrons. The van der Waals surface area contributed by atoms with Crippen LogP contribution in [0.2, 0.25) is 0 Å². The summed E-state index contributed by atoms with van der Waals surface area (Å²) in [4.78, 5) is 0. The van der Waals surface area contributed by atoms with Crippen LogP contribution in [0.4, 0.5) is 4.39 Å². The SMILES string of the molecule is C[C@]12CC[C@H]3[C@@H](CCC4=C[C@H](O)CC[C@@]43C)[C@@H]1C[C@@H](F)[C@@H]2O. The Morgan fingerprint density at radius 2 is 1.86 bits per heavy atom. The molecular weight excluding hydrogens is 279 g/mol. The largest absolute Gasteiger partial charge is 0.390 e. The van der Waals surface area contributed by atoms with Crippen molar-refractivity contribution in [2.45, 2.75) is 77.2 Å². The van der Waals surface area contributed by atoms with E-state index in [1.54, 1.807) is 0 Å². The molecule has 22 heavy (non-hydrogen) atoms. The molecule has 0 saturated heterocycles. The Hall–Kier alpha value is -0.410. The molecule has 2 N–H and O–H groups in total. The lowest BCUT2D eigenvalue weighted by atomic mass is 9.47. The molecule has 4 aliphatic rings. The van der Waals surface area contributed by atoms with Gasteiger partial charge in [-0.25, -0.2) is 4.39 Å². The first kappa shape index (κ1) is 15.1. The summed E-state index contributed by atoms with van der Waals surface area (Å²) in [6.07, 6.45) is 6.72. The molecule has 0 bridgehead atoms. The second-order valence-electron chi connectivity index (χ2n) is 8.87. The van der Waals surface area contributed by atoms with Gasteiger partial charge >= 0.3 is 0 Å². The second kappa shape index (κ2) is 4.80. The summed E-state index contributed by atoms with van der Waals surface area (Å²) in [5.74, 6) is 1.49. The quantitative estimate of drug-likeness (QED) is 0.671. The number of fused-ring (bicyclic) bond motifs is 5. The van der Waals surface area contributed by atoms with E-state index in [1.807, 2.05) is 0 Å². The fourth-order valence-electron chi connectivity index (χ4n) is 6.65. The predicted molar refractivity (Wildman–Crippen MR) is 84.0 cm³/mol. The lowest BCUT2D eigenvalue weighted by Gasteiger charge is -2.58. The van der Waals surface area contributed by atoms with Crippen molar-refractivity contribution in [1.29, 1.82) is 0 Å². The van der Waals surface area contributed by atoms with Crippen molar-refractivity contribution in [3.8, 4) is 0 Å². The molecule has 3 saturated carbocycles. The van der Waals surface area contributed by atoms with Crippen molar-refractivity contribution in [2.24, 2.45) is 28.6 Å². The summed E-state index contributed by atoms with van der Waals surface area (Å²) in [6.45, 7) is 4.50. The van der Waals surface area contributed by atoms with E-state index in [2.05, 4.69) is 19.9 Å². The molecule has 3 heteroatoms. The molecular formula is C19H29FO2. The molecule has 0 spiro atoms. The number of hydrogen-bond donors (Lipinski definition) is 2. The van der Waals surface area contributed by atoms with Crippen LogP contribution in [0.5, 0.6) is 0 Å². The van der Waals surface area contributed by atoms with Gasteiger partial charge in [0.05, 0.1) is 12.2 Å². The lowest BCUT2D eigenvalue weighted by Crippen LogP contribution is -2.51. The molecule has 124 valence electrons. The fourth-order valence-corrected chi connectivity index (χ4v) is 6.65. The van der Waals surface area contributed by atoms with E-state index in [9.17, 15) is 14.6 Å². The summed E-state index contributed by atoms with van der Waals surface area (Å²) in [5.41, 5.74) is 1.43. The fraction of sp³-hybridized carbons (Fsp3) is 0.895. The number of aliphatic hydroxyl groups is 2. The predicted octanol–water partition coefficient (Wildman–Crippen LogP) is 3.62. The van der Waals surface area contributed by atoms with Crippen molar-refractivity contribution in [3.63, 3.8) is 0 Å². The van der Waals surface area contributed by atoms with Crippen molar-refractivity contribution in [3.05, 3.63) is 11.6 Å². The third-order valence-electron chi connectivity index (χ3n) is 8.02. The zero-order chi connectivity index (χ0) is 15.7. The normalized spacial score (nSPS) is 57.6. The van der Waals surface area contributed by atoms with Gasteiger partial charge in [-0.1, -0.05) is 25.5 Å². The van der Waals surface area contributed by atoms with Crippen molar-refractivity contribution < 1.29 is 14.6 Å². The summed E-state index contributed by atoms with van der Waals surface area (Å²) in [6, 6.07) is 0. The molecule has 0 aromatic heterocycles. The van der Waals surface area contributed by atoms with E-state index in [-0.39, 0.29) is 16.9 Å². The Bertz CT molecular complexity index is 504. The van der Waals surface area contributed by atoms with Gasteiger partial charge in [-0.15, -0.1) is 0 Å². The van der Waals surface area contributed by atoms with E-state index in [1.165, 1.54) is 5.57 Å². The smallest absolute Gasteiger partial charge is 0.127 e. The Morgan fingerprint density at radius 1 is 1.09 bits per heavy atom. The summed E-state index contributed by atoms with van der Waals surface area (Å²) >= 11 is 0. The summed E-state index contributed by atoms with van der Waals surface area (Å²) < 4.78 is 14.2. The van der Waals surface area contributed by atoms with E-state index >= 15 is 0 Å². The maximum Gasteiger partial charge on any atom is 0.127 e. The van der Waals surface area contributed by atoms with E-state index in [4.69, 9.17) is 0 Å². The minimum absolute atomic E-state index is 0.197. The highest BCUT2D eigenvalue weighted by molar-refractivity contribution is 5.25. The average molecular weight is 308 g/mol. The standard InChI is InChI=1S/C19H29FO2/c1-18-7-5-12(21)9-11(18)3-4-13-14(18)6-8-19(2)15(13)10-16(20)17(19)22/h9,12-17,21-22H,3-8,10H2,1-2H3/t12-,13-,14+,15+,16-,17+,18+,19+/m1/s1. The van der Waals surface area contributed by atoms with Gasteiger partial charge < -0.3 is 10.2 Å². The molecule has 2 nitrogen and oxygen atoms in total. The van der Waals surface area contributed by atoms with Gasteiger partial charge in [0.25, 0.3) is 0 Å². The highest BCUT2D eigenvalue weighted by Gasteiger charge is 2.61. The summed E-state index contributed by atoms with van der Waals surface area (Å²) in [5, 5.41) is 20.3. The van der Waals surface area contributed by atoms with Crippen molar-refractivity contribution in [1.82, 2.24) is 0 Å². The molecule has 0 heterocycles. The number of halogens is 1. The second-order valence-corrected chi connectivity index (χ2v) is 8.87. The first-order valence-corrected chi connectivity index (χ1v) is 9.07. The van der Waals surface area contributed by atoms with Crippen LogP contribution in [0.1, 0.15) is 58.8 Å². The molecule has 0 aromatic carbocycles. The van der Waals surface area contributed by atoms with Crippen LogP contribution in [0.3, 0.4) is 0 Å². The van der Waals surface area contributed by atoms with Gasteiger partial charge in [-0.05, 0) is 73.5 Å². The van der Waals surface area contributed by atoms with Gasteiger partial charge in [-0.3, -0.25) is 0 Å². The van der Waals surface area contributed by atoms with Crippen LogP contribution in [0.15, 0.2) is 11.6 Å². The van der Waals surface area contributed by atoms with E-state index < -0.39 is 12.3 Å². The number of hydrogen-bond acceptors (Lipinski definition) is 2. The highest BCUT2D eigenvalue weighted by atomic mass is 19.1. The first-order valence-electron chi connectivity index (χ1n) is 9.07. The Morgan fingerprint density at radius 3 is 2.64 bits per heavy atom. The average Bonchev–Trinajstić information content (AvgIpc) is 2.72. The number of rotatable bonds is 0. The maximum absolute atomic E-state index is 14.2. The molecule has 0 amide bonds. The van der Waals surface area contributed by atoms with E-state index in [0.29, 0.717) is 24.2 Å². The van der Waals surface area contributed by atoms with Crippen LogP contribution < -0.4 is 0 Å². The van der Waals surface area contributed by atoms with Gasteiger partial charge in [0.15, 0.2) is 0 Å². The highest BCUT2D eigenvalue weighted by Crippen LogP contribution is 2.65. The van der Waals surface area contributed by atoms with Crippen molar-refractivity contribution >= 4 is 0 Å². The van der Waals surface area contributed by atoms with Crippen LogP contribution in [0, 0.1) is 28.6 Å². The Kier molecular flexibility index (Phi) is 3.30. The number of allylic oxidation sites excluding steroid dienone is 1. The Labute approximate surface area is 132 Å². The van der Waals surface area contributed by atoms with Crippen LogP contribution in [0.25, 0.3) is 0 Å². The van der Waals surface area contributed by atoms with Crippen LogP contribution >= 0.6 is 0 Å². The molecule has 4 aliphatic carbocycles. The molecule has 3 fully saturated rings. The minimum atomic E-state index is -1.04. The third kappa shape index (κ3) is 1.84. The molecule has 0 aromatic rings. The molecule has 0 aliphatic heterocycles. The van der Waals surface area contributed by atoms with Crippen molar-refractivity contribution in [2.75, 3.05) is 0 Å². The van der Waals surface area contributed by atoms with Gasteiger partial charge in [0.1, 0.15) is 6.17 Å². The molecule has 8 atom stereocenters. The van der Waals surface area contributed by atoms with Crippen LogP contribution in [-0.4, -0.2) is 28.6 Å². The van der Waals surface area contributed by atoms with E-state index in [0.717, 1.165) is 38.5 Å². The topological polar surface area (TPSA) is 40.5 Å². The first-order chi connectivity index (χ1) is 10.4. The summed E-state index contributed by atoms with van der Waals surface area (Å²) in [7, 11) is 0. The molecule has 4 rings (SSSR count). The zero-order valence-corrected chi connectivity index (χ0v) is 13.8. The monoisotopic (exact) mass is 308 g/mol. The lowest BCUT2D eigenvalue weighted by molar-refractivity contribution is -0.0808. The Balaban J connectivity index is 1.68. The van der Waals surface area contributed by atoms with Crippen LogP contribution in [-0.2, 0) is 0 Å². The van der Waals surface area contributed by atoms with Gasteiger partial charge in [0, 0.05) is 0 Å². The minimum Gasteiger partial charge on any atom is -0.390 e. The number of alkyl halides is 1. The number of aliphatic hydroxyl groups excluding tert-OH is 2. The zero-order valence-electron chi connectivity index (χ0n) is 13.8. The maximum atomic E-state index is 14.2. The van der Waals surface area contributed by atoms with Gasteiger partial charge in [-0.2, -0.15) is 0 Å². The van der Waals surface area contributed by atoms with Gasteiger partial charge in [0.2, 0.25) is 0 Å².